The normalized spacial score (nSPS) is 15.2. The Labute approximate surface area is 936 Å². The molecule has 1 aromatic rings. The number of nitrogens with zero attached hydrogens (tertiary/aromatic N) is 2. The average Bonchev–Trinajstić information content (AvgIpc) is 2.74. The summed E-state index contributed by atoms with van der Waals surface area (Å²) in [5.41, 5.74) is 0.882. The average molecular weight is 1020 g/mol. The molecule has 0 radical (unpaired) electrons. The van der Waals surface area contributed by atoms with Crippen LogP contribution in [-0.4, -0.2) is 96.3 Å². The van der Waals surface area contributed by atoms with E-state index in [4.69, 9.17) is 14.9 Å². The van der Waals surface area contributed by atoms with Crippen molar-refractivity contribution in [1.82, 2.24) is 20.4 Å². The second-order valence-electron chi connectivity index (χ2n) is 8.81. The summed E-state index contributed by atoms with van der Waals surface area (Å²) in [4.78, 5) is 15.7. The van der Waals surface area contributed by atoms with E-state index in [1.165, 1.54) is 5.56 Å². The van der Waals surface area contributed by atoms with Gasteiger partial charge in [0.1, 0.15) is 5.60 Å². The van der Waals surface area contributed by atoms with Crippen LogP contribution in [0.1, 0.15) is 47.7 Å². The van der Waals surface area contributed by atoms with Gasteiger partial charge in [-0.05, 0) is 26.3 Å². The van der Waals surface area contributed by atoms with Crippen LogP contribution in [0, 0.1) is 0 Å². The van der Waals surface area contributed by atoms with E-state index in [1.54, 1.807) is 4.90 Å². The van der Waals surface area contributed by atoms with Crippen LogP contribution in [0.4, 0.5) is 4.79 Å². The van der Waals surface area contributed by atoms with Gasteiger partial charge in [-0.1, -0.05) is 30.3 Å². The molecule has 0 aromatic heterocycles. The van der Waals surface area contributed by atoms with Gasteiger partial charge >= 0.3 is 777 Å². The van der Waals surface area contributed by atoms with Crippen LogP contribution in [0.3, 0.4) is 0 Å². The number of benzene rings is 1. The zero-order valence-electron chi connectivity index (χ0n) is 48.5. The summed E-state index contributed by atoms with van der Waals surface area (Å²) in [5, 5.41) is 24.5. The largest absolute Gasteiger partial charge is 1.00 e. The van der Waals surface area contributed by atoms with Crippen molar-refractivity contribution in [2.45, 2.75) is 45.0 Å². The van der Waals surface area contributed by atoms with E-state index in [0.29, 0.717) is 19.6 Å². The van der Waals surface area contributed by atoms with E-state index in [1.807, 2.05) is 26.8 Å². The van der Waals surface area contributed by atoms with Crippen molar-refractivity contribution in [2.24, 2.45) is 0 Å². The van der Waals surface area contributed by atoms with Gasteiger partial charge < -0.3 is 51.9 Å². The maximum atomic E-state index is 11.7. The second kappa shape index (κ2) is 71.1. The first-order valence-electron chi connectivity index (χ1n) is 10.7. The minimum Gasteiger partial charge on any atom is -1.00 e. The van der Waals surface area contributed by atoms with Gasteiger partial charge in [0.25, 0.3) is 0 Å². The standard InChI is InChI=1S/C12H18N2O.C10H20N2O3.15K.15H/c15-10-12-9-14(7-6-13-12)8-11-4-2-1-3-5-11;1-10(2,3)15-9(14)12-5-4-11-8(6-12)7-13;;;;;;;;;;;;;;;;;;;;;;;;;;;;;;/h1-5,12-13,15H,6-10H2;8,11,13H,4-7H2,1-3H3;;;;;;;;;;;;;;;;;;;;;;;;;;;;;;/q;;15*+1;15*-1/t12-;8-;;;;;;;;;;;;;;;;;;;;;;;;;;;;;;/m00............................../s1. The first kappa shape index (κ1) is 105. The molecule has 2 aliphatic rings. The minimum absolute atomic E-state index is 0. The van der Waals surface area contributed by atoms with Crippen LogP contribution in [0.15, 0.2) is 30.3 Å². The Morgan fingerprint density at radius 2 is 1.13 bits per heavy atom. The molecule has 2 heterocycles. The third-order valence-corrected chi connectivity index (χ3v) is 4.94. The maximum absolute atomic E-state index is 11.7. The van der Waals surface area contributed by atoms with Crippen LogP contribution in [0.2, 0.25) is 0 Å². The molecule has 0 saturated carbocycles. The van der Waals surface area contributed by atoms with Crippen molar-refractivity contribution in [3.05, 3.63) is 35.9 Å². The smallest absolute Gasteiger partial charge is 1.00 e. The van der Waals surface area contributed by atoms with Crippen LogP contribution >= 0.6 is 0 Å². The van der Waals surface area contributed by atoms with Gasteiger partial charge in [-0.25, -0.2) is 4.79 Å². The zero-order chi connectivity index (χ0) is 22.0. The fraction of sp³-hybridized carbons (Fsp3) is 0.682. The molecule has 2 fully saturated rings. The molecule has 2 aliphatic heterocycles. The molecule has 1 amide bonds. The van der Waals surface area contributed by atoms with E-state index in [2.05, 4.69) is 39.8 Å². The van der Waals surface area contributed by atoms with Gasteiger partial charge in [0, 0.05) is 57.9 Å². The molecular weight excluding hydrogens is 971 g/mol. The molecule has 200 valence electrons. The molecule has 23 heteroatoms. The van der Waals surface area contributed by atoms with Crippen molar-refractivity contribution in [1.29, 1.82) is 0 Å². The Morgan fingerprint density at radius 3 is 1.53 bits per heavy atom. The zero-order valence-corrected chi connectivity index (χ0v) is 80.4. The molecule has 3 rings (SSSR count). The summed E-state index contributed by atoms with van der Waals surface area (Å²) >= 11 is 0. The SMILES string of the molecule is CC(C)(C)OC(=O)N1CCN[C@H](CO)C1.OC[C@@H]1CN(Cc2ccccc2)CCN1.[H-].[H-].[H-].[H-].[H-].[H-].[H-].[H-].[H-].[H-].[H-].[H-].[H-].[H-].[H-].[K+].[K+].[K+].[K+].[K+].[K+].[K+].[K+].[K+].[K+].[K+].[K+].[K+].[K+].[K+]. The number of carbonyl (C=O) groups excluding carboxylic acids is 1. The predicted octanol–water partition coefficient (Wildman–Crippen LogP) is -42.6. The van der Waals surface area contributed by atoms with E-state index in [-0.39, 0.29) is 824 Å². The number of piperazine rings is 2. The topological polar surface area (TPSA) is 97.3 Å². The Balaban J connectivity index is -0.00000000791. The summed E-state index contributed by atoms with van der Waals surface area (Å²) in [5.74, 6) is 0. The predicted molar refractivity (Wildman–Crippen MR) is 134 cm³/mol. The molecule has 0 unspecified atom stereocenters. The van der Waals surface area contributed by atoms with Crippen molar-refractivity contribution in [2.75, 3.05) is 52.5 Å². The quantitative estimate of drug-likeness (QED) is 0.223. The van der Waals surface area contributed by atoms with E-state index >= 15 is 0 Å². The third-order valence-electron chi connectivity index (χ3n) is 4.94. The minimum atomic E-state index is -0.462. The first-order valence-corrected chi connectivity index (χ1v) is 10.7. The van der Waals surface area contributed by atoms with E-state index in [0.717, 1.165) is 26.2 Å². The Hall–Kier alpha value is 22.8. The van der Waals surface area contributed by atoms with Crippen LogP contribution < -0.4 is 781 Å². The third kappa shape index (κ3) is 61.1. The summed E-state index contributed by atoms with van der Waals surface area (Å²) < 4.78 is 5.25. The maximum Gasteiger partial charge on any atom is 1.00 e. The molecule has 0 bridgehead atoms. The summed E-state index contributed by atoms with van der Waals surface area (Å²) in [6, 6.07) is 10.7. The van der Waals surface area contributed by atoms with Crippen molar-refractivity contribution in [3.63, 3.8) is 0 Å². The number of ether oxygens (including phenoxy) is 1. The van der Waals surface area contributed by atoms with Gasteiger partial charge in [0.05, 0.1) is 13.2 Å². The first-order chi connectivity index (χ1) is 14.3. The van der Waals surface area contributed by atoms with Gasteiger partial charge in [0.2, 0.25) is 0 Å². The van der Waals surface area contributed by atoms with Crippen LogP contribution in [-0.2, 0) is 11.3 Å². The Bertz CT molecular complexity index is 713. The van der Waals surface area contributed by atoms with E-state index in [9.17, 15) is 4.79 Å². The molecule has 0 aliphatic carbocycles. The summed E-state index contributed by atoms with van der Waals surface area (Å²) in [6.07, 6.45) is -0.303. The number of aliphatic hydroxyl groups is 2. The monoisotopic (exact) mass is 1020 g/mol. The van der Waals surface area contributed by atoms with Gasteiger partial charge in [-0.15, -0.1) is 0 Å². The van der Waals surface area contributed by atoms with Gasteiger partial charge in [-0.2, -0.15) is 0 Å². The van der Waals surface area contributed by atoms with Crippen LogP contribution in [0.5, 0.6) is 0 Å². The number of rotatable bonds is 4. The number of amides is 1. The van der Waals surface area contributed by atoms with E-state index < -0.39 is 5.60 Å². The molecular formula is C22H53K15N4O4. The Morgan fingerprint density at radius 1 is 0.733 bits per heavy atom. The summed E-state index contributed by atoms with van der Waals surface area (Å²) in [7, 11) is 0. The number of hydrogen-bond donors (Lipinski definition) is 4. The molecule has 1 aromatic carbocycles. The molecule has 2 atom stereocenters. The number of nitrogens with one attached hydrogen (secondary N) is 2. The van der Waals surface area contributed by atoms with Gasteiger partial charge in [-0.3, -0.25) is 4.90 Å². The fourth-order valence-electron chi connectivity index (χ4n) is 3.44. The molecule has 0 spiro atoms. The number of carbonyl (C=O) groups is 1. The molecule has 2 saturated heterocycles. The van der Waals surface area contributed by atoms with Crippen molar-refractivity contribution >= 4 is 6.09 Å². The Kier molecular flexibility index (Phi) is 165. The molecule has 4 N–H and O–H groups in total. The van der Waals surface area contributed by atoms with Crippen molar-refractivity contribution in [3.8, 4) is 0 Å². The number of aliphatic hydroxyl groups excluding tert-OH is 2. The fourth-order valence-corrected chi connectivity index (χ4v) is 3.44. The molecule has 45 heavy (non-hydrogen) atoms. The second-order valence-corrected chi connectivity index (χ2v) is 8.81. The van der Waals surface area contributed by atoms with Gasteiger partial charge in [0.15, 0.2) is 0 Å². The number of hydrogen-bond acceptors (Lipinski definition) is 7. The summed E-state index contributed by atoms with van der Waals surface area (Å²) in [6.45, 7) is 11.6. The van der Waals surface area contributed by atoms with Crippen LogP contribution in [0.25, 0.3) is 0 Å². The van der Waals surface area contributed by atoms with Crippen molar-refractivity contribution < 1.29 is 812 Å². The molecule has 8 nitrogen and oxygen atoms in total.